The van der Waals surface area contributed by atoms with E-state index in [-0.39, 0.29) is 35.2 Å². The second-order valence-corrected chi connectivity index (χ2v) is 10.9. The van der Waals surface area contributed by atoms with Crippen LogP contribution in [0.25, 0.3) is 10.8 Å². The zero-order chi connectivity index (χ0) is 24.7. The van der Waals surface area contributed by atoms with Crippen LogP contribution in [0.2, 0.25) is 0 Å². The average molecular weight is 490 g/mol. The largest absolute Gasteiger partial charge is 0.490 e. The molecule has 35 heavy (non-hydrogen) atoms. The van der Waals surface area contributed by atoms with Crippen LogP contribution in [0.15, 0.2) is 30.3 Å². The molecule has 7 heteroatoms. The quantitative estimate of drug-likeness (QED) is 0.490. The molecule has 3 aliphatic rings. The standard InChI is InChI=1S/C28H34F3NO3/c1-17-5-9-23(10-6-17)35-25-12-8-19-13-18(7-11-24(19)26(25)28(29,30)31)16-32-21-3-2-4-22(32)15-20(14-21)27(33)34/h7-8,11-13,17,20-23H,2-6,9-10,14-16H2,1H3,(H,33,34). The summed E-state index contributed by atoms with van der Waals surface area (Å²) in [7, 11) is 0. The molecule has 0 aromatic heterocycles. The normalized spacial score (nSPS) is 29.8. The Morgan fingerprint density at radius 1 is 1.03 bits per heavy atom. The number of rotatable bonds is 5. The maximum atomic E-state index is 14.2. The first kappa shape index (κ1) is 24.4. The molecule has 2 aromatic rings. The monoisotopic (exact) mass is 489 g/mol. The van der Waals surface area contributed by atoms with Gasteiger partial charge in [-0.3, -0.25) is 9.69 Å². The van der Waals surface area contributed by atoms with E-state index < -0.39 is 17.7 Å². The molecule has 2 atom stereocenters. The van der Waals surface area contributed by atoms with Gasteiger partial charge in [-0.15, -0.1) is 0 Å². The predicted octanol–water partition coefficient (Wildman–Crippen LogP) is 7.03. The van der Waals surface area contributed by atoms with Crippen molar-refractivity contribution in [3.63, 3.8) is 0 Å². The SMILES string of the molecule is CC1CCC(Oc2ccc3cc(CN4C5CCCC4CC(C(=O)O)C5)ccc3c2C(F)(F)F)CC1. The van der Waals surface area contributed by atoms with Crippen LogP contribution in [0.1, 0.15) is 75.8 Å². The lowest BCUT2D eigenvalue weighted by Gasteiger charge is -2.48. The second kappa shape index (κ2) is 9.64. The summed E-state index contributed by atoms with van der Waals surface area (Å²) in [5, 5.41) is 10.2. The van der Waals surface area contributed by atoms with Crippen LogP contribution >= 0.6 is 0 Å². The summed E-state index contributed by atoms with van der Waals surface area (Å²) in [6, 6.07) is 8.91. The van der Waals surface area contributed by atoms with Crippen LogP contribution in [0, 0.1) is 11.8 Å². The maximum Gasteiger partial charge on any atom is 0.420 e. The number of nitrogens with zero attached hydrogens (tertiary/aromatic N) is 1. The van der Waals surface area contributed by atoms with Crippen molar-refractivity contribution in [3.8, 4) is 5.75 Å². The zero-order valence-corrected chi connectivity index (χ0v) is 20.2. The summed E-state index contributed by atoms with van der Waals surface area (Å²) in [6.07, 6.45) is 3.23. The van der Waals surface area contributed by atoms with Crippen molar-refractivity contribution in [1.82, 2.24) is 4.90 Å². The number of carboxylic acid groups (broad SMARTS) is 1. The summed E-state index contributed by atoms with van der Waals surface area (Å²) in [6.45, 7) is 2.81. The highest BCUT2D eigenvalue weighted by Gasteiger charge is 2.41. The molecule has 2 unspecified atom stereocenters. The predicted molar refractivity (Wildman–Crippen MR) is 128 cm³/mol. The van der Waals surface area contributed by atoms with Gasteiger partial charge in [0.2, 0.25) is 0 Å². The molecular weight excluding hydrogens is 455 g/mol. The zero-order valence-electron chi connectivity index (χ0n) is 20.2. The number of alkyl halides is 3. The maximum absolute atomic E-state index is 14.2. The van der Waals surface area contributed by atoms with Crippen molar-refractivity contribution in [2.24, 2.45) is 11.8 Å². The Kier molecular flexibility index (Phi) is 6.73. The Labute approximate surface area is 204 Å². The molecule has 2 bridgehead atoms. The van der Waals surface area contributed by atoms with Gasteiger partial charge in [0, 0.05) is 18.6 Å². The molecule has 1 N–H and O–H groups in total. The van der Waals surface area contributed by atoms with Gasteiger partial charge in [0.1, 0.15) is 11.3 Å². The molecule has 4 nitrogen and oxygen atoms in total. The number of hydrogen-bond acceptors (Lipinski definition) is 3. The third kappa shape index (κ3) is 5.16. The van der Waals surface area contributed by atoms with E-state index in [9.17, 15) is 23.1 Å². The first-order valence-corrected chi connectivity index (χ1v) is 13.0. The summed E-state index contributed by atoms with van der Waals surface area (Å²) >= 11 is 0. The van der Waals surface area contributed by atoms with Crippen molar-refractivity contribution in [3.05, 3.63) is 41.5 Å². The van der Waals surface area contributed by atoms with Crippen molar-refractivity contribution in [1.29, 1.82) is 0 Å². The fraction of sp³-hybridized carbons (Fsp3) is 0.607. The van der Waals surface area contributed by atoms with Gasteiger partial charge in [-0.1, -0.05) is 31.5 Å². The molecule has 0 radical (unpaired) electrons. The molecule has 2 aliphatic heterocycles. The van der Waals surface area contributed by atoms with E-state index in [1.165, 1.54) is 6.07 Å². The Morgan fingerprint density at radius 2 is 1.71 bits per heavy atom. The Bertz CT molecular complexity index is 1060. The van der Waals surface area contributed by atoms with E-state index in [1.54, 1.807) is 18.2 Å². The Balaban J connectivity index is 1.40. The van der Waals surface area contributed by atoms with E-state index in [0.717, 1.165) is 50.5 Å². The Hall–Kier alpha value is -2.28. The van der Waals surface area contributed by atoms with Crippen LogP contribution in [0.3, 0.4) is 0 Å². The van der Waals surface area contributed by atoms with Crippen molar-refractivity contribution < 1.29 is 27.8 Å². The fourth-order valence-corrected chi connectivity index (χ4v) is 6.52. The number of benzene rings is 2. The van der Waals surface area contributed by atoms with Gasteiger partial charge in [-0.2, -0.15) is 13.2 Å². The Morgan fingerprint density at radius 3 is 2.34 bits per heavy atom. The van der Waals surface area contributed by atoms with Gasteiger partial charge < -0.3 is 9.84 Å². The lowest BCUT2D eigenvalue weighted by molar-refractivity contribution is -0.146. The van der Waals surface area contributed by atoms with Crippen LogP contribution in [-0.4, -0.2) is 34.2 Å². The first-order valence-electron chi connectivity index (χ1n) is 13.0. The van der Waals surface area contributed by atoms with Gasteiger partial charge >= 0.3 is 12.1 Å². The fourth-order valence-electron chi connectivity index (χ4n) is 6.52. The minimum Gasteiger partial charge on any atom is -0.490 e. The summed E-state index contributed by atoms with van der Waals surface area (Å²) in [5.41, 5.74) is 0.283. The summed E-state index contributed by atoms with van der Waals surface area (Å²) in [5.74, 6) is -0.477. The number of piperidine rings is 2. The van der Waals surface area contributed by atoms with E-state index in [4.69, 9.17) is 4.74 Å². The van der Waals surface area contributed by atoms with Gasteiger partial charge in [0.05, 0.1) is 12.0 Å². The van der Waals surface area contributed by atoms with Crippen LogP contribution in [-0.2, 0) is 17.5 Å². The number of aliphatic carboxylic acids is 1. The van der Waals surface area contributed by atoms with Gasteiger partial charge in [-0.05, 0) is 85.8 Å². The molecule has 1 aliphatic carbocycles. The topological polar surface area (TPSA) is 49.8 Å². The third-order valence-electron chi connectivity index (χ3n) is 8.43. The van der Waals surface area contributed by atoms with Crippen molar-refractivity contribution in [2.75, 3.05) is 0 Å². The van der Waals surface area contributed by atoms with Gasteiger partial charge in [0.25, 0.3) is 0 Å². The molecule has 190 valence electrons. The summed E-state index contributed by atoms with van der Waals surface area (Å²) < 4.78 is 48.5. The highest BCUT2D eigenvalue weighted by Crippen LogP contribution is 2.43. The first-order chi connectivity index (χ1) is 16.7. The molecule has 2 heterocycles. The van der Waals surface area contributed by atoms with Crippen LogP contribution in [0.5, 0.6) is 5.75 Å². The second-order valence-electron chi connectivity index (χ2n) is 10.9. The lowest BCUT2D eigenvalue weighted by atomic mass is 9.78. The molecule has 0 amide bonds. The van der Waals surface area contributed by atoms with Gasteiger partial charge in [0.15, 0.2) is 0 Å². The minimum atomic E-state index is -4.51. The summed E-state index contributed by atoms with van der Waals surface area (Å²) in [4.78, 5) is 13.9. The molecule has 0 spiro atoms. The number of carboxylic acids is 1. The minimum absolute atomic E-state index is 0.0671. The lowest BCUT2D eigenvalue weighted by Crippen LogP contribution is -2.52. The molecule has 1 saturated carbocycles. The van der Waals surface area contributed by atoms with E-state index in [0.29, 0.717) is 30.7 Å². The highest BCUT2D eigenvalue weighted by molar-refractivity contribution is 5.89. The third-order valence-corrected chi connectivity index (χ3v) is 8.43. The van der Waals surface area contributed by atoms with E-state index in [2.05, 4.69) is 11.8 Å². The molecule has 3 fully saturated rings. The number of fused-ring (bicyclic) bond motifs is 3. The van der Waals surface area contributed by atoms with E-state index >= 15 is 0 Å². The van der Waals surface area contributed by atoms with Crippen molar-refractivity contribution in [2.45, 2.75) is 95.6 Å². The molecule has 2 saturated heterocycles. The number of ether oxygens (including phenoxy) is 1. The number of hydrogen-bond donors (Lipinski definition) is 1. The van der Waals surface area contributed by atoms with Gasteiger partial charge in [-0.25, -0.2) is 0 Å². The molecular formula is C28H34F3NO3. The number of carbonyl (C=O) groups is 1. The smallest absolute Gasteiger partial charge is 0.420 e. The number of halogens is 3. The van der Waals surface area contributed by atoms with Crippen molar-refractivity contribution >= 4 is 16.7 Å². The highest BCUT2D eigenvalue weighted by atomic mass is 19.4. The average Bonchev–Trinajstić information content (AvgIpc) is 2.79. The van der Waals surface area contributed by atoms with E-state index in [1.807, 2.05) is 6.07 Å². The molecule has 5 rings (SSSR count). The molecule has 2 aromatic carbocycles. The van der Waals surface area contributed by atoms with Crippen LogP contribution < -0.4 is 4.74 Å². The van der Waals surface area contributed by atoms with Crippen LogP contribution in [0.4, 0.5) is 13.2 Å².